The van der Waals surface area contributed by atoms with E-state index in [1.807, 2.05) is 11.3 Å². The van der Waals surface area contributed by atoms with Gasteiger partial charge >= 0.3 is 0 Å². The Morgan fingerprint density at radius 2 is 2.00 bits per heavy atom. The lowest BCUT2D eigenvalue weighted by Gasteiger charge is -2.41. The van der Waals surface area contributed by atoms with Gasteiger partial charge in [0.25, 0.3) is 0 Å². The molecule has 118 valence electrons. The lowest BCUT2D eigenvalue weighted by molar-refractivity contribution is 0.129. The van der Waals surface area contributed by atoms with Crippen LogP contribution in [0.2, 0.25) is 0 Å². The molecule has 1 heterocycles. The third-order valence-corrected chi connectivity index (χ3v) is 6.77. The van der Waals surface area contributed by atoms with Crippen molar-refractivity contribution in [3.05, 3.63) is 15.6 Å². The number of hydrogen-bond donors (Lipinski definition) is 1. The van der Waals surface area contributed by atoms with E-state index in [-0.39, 0.29) is 11.0 Å². The summed E-state index contributed by atoms with van der Waals surface area (Å²) in [4.78, 5) is 6.64. The van der Waals surface area contributed by atoms with Crippen molar-refractivity contribution in [3.63, 3.8) is 0 Å². The van der Waals surface area contributed by atoms with Crippen molar-refractivity contribution in [2.75, 3.05) is 20.3 Å². The molecule has 1 atom stereocenters. The van der Waals surface area contributed by atoms with Crippen LogP contribution < -0.4 is 5.32 Å². The Labute approximate surface area is 132 Å². The maximum absolute atomic E-state index is 5.25. The van der Waals surface area contributed by atoms with Crippen molar-refractivity contribution in [3.8, 4) is 0 Å². The molecule has 3 rings (SSSR count). The Morgan fingerprint density at radius 3 is 2.67 bits per heavy atom. The molecule has 1 aromatic heterocycles. The molecule has 3 nitrogen and oxygen atoms in total. The Morgan fingerprint density at radius 1 is 1.19 bits per heavy atom. The van der Waals surface area contributed by atoms with Crippen LogP contribution in [0.5, 0.6) is 0 Å². The molecule has 2 aliphatic rings. The fourth-order valence-electron chi connectivity index (χ4n) is 4.05. The van der Waals surface area contributed by atoms with Crippen molar-refractivity contribution in [2.45, 2.75) is 64.3 Å². The van der Waals surface area contributed by atoms with Crippen LogP contribution in [0.25, 0.3) is 0 Å². The Kier molecular flexibility index (Phi) is 4.40. The van der Waals surface area contributed by atoms with Gasteiger partial charge in [0.2, 0.25) is 0 Å². The first-order valence-electron chi connectivity index (χ1n) is 8.32. The Hall–Kier alpha value is -0.450. The monoisotopic (exact) mass is 308 g/mol. The highest BCUT2D eigenvalue weighted by atomic mass is 32.1. The van der Waals surface area contributed by atoms with Gasteiger partial charge in [0, 0.05) is 18.5 Å². The van der Waals surface area contributed by atoms with E-state index < -0.39 is 0 Å². The third-order valence-electron chi connectivity index (χ3n) is 5.45. The quantitative estimate of drug-likeness (QED) is 0.843. The van der Waals surface area contributed by atoms with Crippen LogP contribution >= 0.6 is 11.3 Å². The van der Waals surface area contributed by atoms with Crippen molar-refractivity contribution in [1.29, 1.82) is 0 Å². The summed E-state index contributed by atoms with van der Waals surface area (Å²) in [6, 6.07) is 0. The average molecular weight is 308 g/mol. The Balaban J connectivity index is 1.93. The van der Waals surface area contributed by atoms with Gasteiger partial charge in [-0.25, -0.2) is 4.98 Å². The molecule has 1 fully saturated rings. The molecule has 0 aliphatic heterocycles. The molecule has 0 amide bonds. The van der Waals surface area contributed by atoms with Gasteiger partial charge in [0.1, 0.15) is 5.01 Å². The zero-order chi connectivity index (χ0) is 14.9. The van der Waals surface area contributed by atoms with Crippen molar-refractivity contribution >= 4 is 11.3 Å². The standard InChI is InChI=1S/C17H28N2OS/c1-16(2)9-6-10-17(16,18-11-12-20-3)15-19-13-7-4-5-8-14(13)21-15/h18H,4-12H2,1-3H3. The van der Waals surface area contributed by atoms with Crippen molar-refractivity contribution in [1.82, 2.24) is 10.3 Å². The fourth-order valence-corrected chi connectivity index (χ4v) is 5.57. The van der Waals surface area contributed by atoms with E-state index in [0.29, 0.717) is 0 Å². The molecular weight excluding hydrogens is 280 g/mol. The number of methoxy groups -OCH3 is 1. The van der Waals surface area contributed by atoms with Crippen LogP contribution in [0.15, 0.2) is 0 Å². The van der Waals surface area contributed by atoms with Crippen LogP contribution in [0, 0.1) is 5.41 Å². The number of fused-ring (bicyclic) bond motifs is 1. The number of aromatic nitrogens is 1. The second-order valence-electron chi connectivity index (χ2n) is 7.16. The number of nitrogens with zero attached hydrogens (tertiary/aromatic N) is 1. The van der Waals surface area contributed by atoms with Crippen LogP contribution in [0.1, 0.15) is 61.5 Å². The van der Waals surface area contributed by atoms with Crippen molar-refractivity contribution in [2.24, 2.45) is 5.41 Å². The van der Waals surface area contributed by atoms with E-state index in [1.54, 1.807) is 12.0 Å². The highest BCUT2D eigenvalue weighted by Crippen LogP contribution is 2.53. The second kappa shape index (κ2) is 5.98. The summed E-state index contributed by atoms with van der Waals surface area (Å²) in [6.45, 7) is 6.48. The molecule has 0 saturated heterocycles. The zero-order valence-electron chi connectivity index (χ0n) is 13.6. The predicted octanol–water partition coefficient (Wildman–Crippen LogP) is 3.66. The Bertz CT molecular complexity index is 473. The third kappa shape index (κ3) is 2.66. The van der Waals surface area contributed by atoms with E-state index >= 15 is 0 Å². The fraction of sp³-hybridized carbons (Fsp3) is 0.824. The van der Waals surface area contributed by atoms with Crippen LogP contribution in [0.4, 0.5) is 0 Å². The molecule has 1 unspecified atom stereocenters. The number of aryl methyl sites for hydroxylation is 2. The average Bonchev–Trinajstić information content (AvgIpc) is 3.01. The lowest BCUT2D eigenvalue weighted by atomic mass is 9.75. The number of ether oxygens (including phenoxy) is 1. The highest BCUT2D eigenvalue weighted by molar-refractivity contribution is 7.11. The molecule has 0 spiro atoms. The van der Waals surface area contributed by atoms with Gasteiger partial charge in [-0.3, -0.25) is 0 Å². The van der Waals surface area contributed by atoms with E-state index in [9.17, 15) is 0 Å². The number of thiazole rings is 1. The molecule has 0 bridgehead atoms. The lowest BCUT2D eigenvalue weighted by Crippen LogP contribution is -2.51. The summed E-state index contributed by atoms with van der Waals surface area (Å²) in [7, 11) is 1.77. The van der Waals surface area contributed by atoms with E-state index in [0.717, 1.165) is 13.2 Å². The number of rotatable bonds is 5. The molecule has 2 aliphatic carbocycles. The van der Waals surface area contributed by atoms with Crippen LogP contribution in [-0.4, -0.2) is 25.2 Å². The summed E-state index contributed by atoms with van der Waals surface area (Å²) in [6.07, 6.45) is 8.83. The summed E-state index contributed by atoms with van der Waals surface area (Å²) in [5, 5.41) is 5.18. The highest BCUT2D eigenvalue weighted by Gasteiger charge is 2.51. The van der Waals surface area contributed by atoms with Gasteiger partial charge in [-0.1, -0.05) is 20.3 Å². The normalized spacial score (nSPS) is 27.8. The minimum atomic E-state index is 0.0491. The summed E-state index contributed by atoms with van der Waals surface area (Å²) >= 11 is 1.98. The second-order valence-corrected chi connectivity index (χ2v) is 8.24. The summed E-state index contributed by atoms with van der Waals surface area (Å²) in [5.74, 6) is 0. The van der Waals surface area contributed by atoms with Gasteiger partial charge in [0.05, 0.1) is 17.8 Å². The zero-order valence-corrected chi connectivity index (χ0v) is 14.4. The first kappa shape index (κ1) is 15.4. The van der Waals surface area contributed by atoms with Gasteiger partial charge < -0.3 is 10.1 Å². The van der Waals surface area contributed by atoms with Gasteiger partial charge in [-0.15, -0.1) is 11.3 Å². The molecule has 1 aromatic rings. The summed E-state index contributed by atoms with van der Waals surface area (Å²) < 4.78 is 5.25. The van der Waals surface area contributed by atoms with Gasteiger partial charge in [-0.2, -0.15) is 0 Å². The number of hydrogen-bond acceptors (Lipinski definition) is 4. The van der Waals surface area contributed by atoms with E-state index in [4.69, 9.17) is 9.72 Å². The molecule has 0 radical (unpaired) electrons. The first-order chi connectivity index (χ1) is 10.1. The molecule has 0 aromatic carbocycles. The van der Waals surface area contributed by atoms with Gasteiger partial charge in [-0.05, 0) is 43.9 Å². The largest absolute Gasteiger partial charge is 0.383 e. The topological polar surface area (TPSA) is 34.1 Å². The molecular formula is C17H28N2OS. The molecule has 1 N–H and O–H groups in total. The first-order valence-corrected chi connectivity index (χ1v) is 9.14. The van der Waals surface area contributed by atoms with Gasteiger partial charge in [0.15, 0.2) is 0 Å². The minimum absolute atomic E-state index is 0.0491. The maximum Gasteiger partial charge on any atom is 0.114 e. The molecule has 4 heteroatoms. The van der Waals surface area contributed by atoms with E-state index in [1.165, 1.54) is 55.6 Å². The predicted molar refractivity (Wildman–Crippen MR) is 87.9 cm³/mol. The van der Waals surface area contributed by atoms with Crippen LogP contribution in [-0.2, 0) is 23.1 Å². The summed E-state index contributed by atoms with van der Waals surface area (Å²) in [5.41, 5.74) is 1.70. The SMILES string of the molecule is COCCNC1(c2nc3c(s2)CCCC3)CCCC1(C)C. The molecule has 21 heavy (non-hydrogen) atoms. The van der Waals surface area contributed by atoms with Crippen LogP contribution in [0.3, 0.4) is 0 Å². The smallest absolute Gasteiger partial charge is 0.114 e. The van der Waals surface area contributed by atoms with Crippen molar-refractivity contribution < 1.29 is 4.74 Å². The molecule has 1 saturated carbocycles. The number of nitrogens with one attached hydrogen (secondary N) is 1. The maximum atomic E-state index is 5.25. The van der Waals surface area contributed by atoms with E-state index in [2.05, 4.69) is 19.2 Å². The minimum Gasteiger partial charge on any atom is -0.383 e.